The smallest absolute Gasteiger partial charge is 0.220 e. The van der Waals surface area contributed by atoms with Crippen LogP contribution in [0.2, 0.25) is 0 Å². The number of rotatable bonds is 5. The topological polar surface area (TPSA) is 49.3 Å². The minimum atomic E-state index is 0.0187. The van der Waals surface area contributed by atoms with Gasteiger partial charge in [0.05, 0.1) is 0 Å². The maximum atomic E-state index is 11.7. The molecule has 0 aliphatic rings. The molecule has 1 unspecified atom stereocenters. The first-order valence-electron chi connectivity index (χ1n) is 5.66. The Balaban J connectivity index is 4.11. The van der Waals surface area contributed by atoms with Gasteiger partial charge in [-0.3, -0.25) is 4.79 Å². The van der Waals surface area contributed by atoms with Gasteiger partial charge in [-0.2, -0.15) is 0 Å². The molecule has 0 heterocycles. The third kappa shape index (κ3) is 7.37. The van der Waals surface area contributed by atoms with Gasteiger partial charge in [0.1, 0.15) is 0 Å². The van der Waals surface area contributed by atoms with Crippen molar-refractivity contribution in [2.45, 2.75) is 53.5 Å². The lowest BCUT2D eigenvalue weighted by Crippen LogP contribution is -2.40. The van der Waals surface area contributed by atoms with Crippen molar-refractivity contribution in [2.24, 2.45) is 11.3 Å². The lowest BCUT2D eigenvalue weighted by atomic mass is 9.91. The molecule has 1 amide bonds. The lowest BCUT2D eigenvalue weighted by molar-refractivity contribution is -0.123. The molecule has 3 nitrogen and oxygen atoms in total. The number of aliphatic hydroxyl groups is 1. The maximum absolute atomic E-state index is 11.7. The van der Waals surface area contributed by atoms with Crippen LogP contribution in [0.15, 0.2) is 0 Å². The molecule has 15 heavy (non-hydrogen) atoms. The molecular weight excluding hydrogens is 190 g/mol. The Morgan fingerprint density at radius 1 is 1.33 bits per heavy atom. The summed E-state index contributed by atoms with van der Waals surface area (Å²) in [5.74, 6) is 0.440. The number of nitrogens with one attached hydrogen (secondary N) is 1. The van der Waals surface area contributed by atoms with Crippen molar-refractivity contribution >= 4 is 5.91 Å². The number of carbonyl (C=O) groups is 1. The molecule has 0 aliphatic heterocycles. The van der Waals surface area contributed by atoms with E-state index in [1.165, 1.54) is 0 Å². The second-order valence-electron chi connectivity index (χ2n) is 5.67. The van der Waals surface area contributed by atoms with Crippen molar-refractivity contribution in [1.29, 1.82) is 0 Å². The van der Waals surface area contributed by atoms with Crippen LogP contribution in [-0.2, 0) is 4.79 Å². The average molecular weight is 215 g/mol. The maximum Gasteiger partial charge on any atom is 0.220 e. The average Bonchev–Trinajstić information content (AvgIpc) is 1.99. The Morgan fingerprint density at radius 2 is 1.87 bits per heavy atom. The number of hydrogen-bond donors (Lipinski definition) is 2. The van der Waals surface area contributed by atoms with Crippen LogP contribution in [-0.4, -0.2) is 23.7 Å². The largest absolute Gasteiger partial charge is 0.396 e. The Labute approximate surface area is 93.3 Å². The predicted octanol–water partition coefficient (Wildman–Crippen LogP) is 1.95. The summed E-state index contributed by atoms with van der Waals surface area (Å²) in [6, 6.07) is 0.0878. The van der Waals surface area contributed by atoms with E-state index in [0.29, 0.717) is 18.8 Å². The van der Waals surface area contributed by atoms with Crippen LogP contribution in [0.25, 0.3) is 0 Å². The van der Waals surface area contributed by atoms with Crippen molar-refractivity contribution in [1.82, 2.24) is 5.32 Å². The van der Waals surface area contributed by atoms with Gasteiger partial charge in [0.25, 0.3) is 0 Å². The molecule has 0 bridgehead atoms. The molecule has 0 saturated carbocycles. The van der Waals surface area contributed by atoms with E-state index in [0.717, 1.165) is 0 Å². The van der Waals surface area contributed by atoms with Crippen LogP contribution in [0.3, 0.4) is 0 Å². The van der Waals surface area contributed by atoms with Crippen LogP contribution in [0, 0.1) is 11.3 Å². The van der Waals surface area contributed by atoms with E-state index in [-0.39, 0.29) is 24.0 Å². The van der Waals surface area contributed by atoms with Crippen molar-refractivity contribution in [2.75, 3.05) is 6.61 Å². The predicted molar refractivity (Wildman–Crippen MR) is 62.5 cm³/mol. The number of aliphatic hydroxyl groups excluding tert-OH is 1. The van der Waals surface area contributed by atoms with Gasteiger partial charge in [-0.15, -0.1) is 0 Å². The van der Waals surface area contributed by atoms with Crippen LogP contribution in [0.1, 0.15) is 47.5 Å². The Bertz CT molecular complexity index is 194. The summed E-state index contributed by atoms with van der Waals surface area (Å²) in [6.45, 7) is 10.4. The van der Waals surface area contributed by atoms with E-state index in [4.69, 9.17) is 5.11 Å². The third-order valence-electron chi connectivity index (χ3n) is 2.28. The number of hydrogen-bond acceptors (Lipinski definition) is 2. The second-order valence-corrected chi connectivity index (χ2v) is 5.67. The van der Waals surface area contributed by atoms with Gasteiger partial charge in [-0.25, -0.2) is 0 Å². The van der Waals surface area contributed by atoms with Gasteiger partial charge in [0, 0.05) is 19.1 Å². The highest BCUT2D eigenvalue weighted by Gasteiger charge is 2.20. The fourth-order valence-corrected chi connectivity index (χ4v) is 1.45. The molecule has 3 heteroatoms. The van der Waals surface area contributed by atoms with E-state index >= 15 is 0 Å². The molecule has 0 aromatic rings. The zero-order chi connectivity index (χ0) is 12.1. The Kier molecular flexibility index (Phi) is 5.88. The molecular formula is C12H25NO2. The van der Waals surface area contributed by atoms with Gasteiger partial charge in [-0.1, -0.05) is 34.6 Å². The normalized spacial score (nSPS) is 14.1. The van der Waals surface area contributed by atoms with E-state index in [1.807, 2.05) is 20.8 Å². The number of amides is 1. The van der Waals surface area contributed by atoms with Gasteiger partial charge >= 0.3 is 0 Å². The lowest BCUT2D eigenvalue weighted by Gasteiger charge is -2.24. The first-order chi connectivity index (χ1) is 6.76. The molecule has 0 rings (SSSR count). The molecule has 0 fully saturated rings. The SMILES string of the molecule is CC(C)C(CCO)NC(=O)CC(C)(C)C. The highest BCUT2D eigenvalue weighted by Crippen LogP contribution is 2.18. The molecule has 1 atom stereocenters. The molecule has 2 N–H and O–H groups in total. The summed E-state index contributed by atoms with van der Waals surface area (Å²) in [7, 11) is 0. The van der Waals surface area contributed by atoms with Crippen LogP contribution in [0.4, 0.5) is 0 Å². The first-order valence-corrected chi connectivity index (χ1v) is 5.66. The van der Waals surface area contributed by atoms with Crippen molar-refractivity contribution < 1.29 is 9.90 Å². The molecule has 0 radical (unpaired) electrons. The van der Waals surface area contributed by atoms with Crippen LogP contribution >= 0.6 is 0 Å². The summed E-state index contributed by atoms with van der Waals surface area (Å²) in [6.07, 6.45) is 1.16. The van der Waals surface area contributed by atoms with Gasteiger partial charge < -0.3 is 10.4 Å². The quantitative estimate of drug-likeness (QED) is 0.736. The van der Waals surface area contributed by atoms with E-state index in [2.05, 4.69) is 19.2 Å². The molecule has 0 aromatic carbocycles. The first kappa shape index (κ1) is 14.4. The summed E-state index contributed by atoms with van der Waals surface area (Å²) in [5.41, 5.74) is 0.0187. The Morgan fingerprint density at radius 3 is 2.20 bits per heavy atom. The zero-order valence-electron chi connectivity index (χ0n) is 10.6. The monoisotopic (exact) mass is 215 g/mol. The van der Waals surface area contributed by atoms with Crippen molar-refractivity contribution in [3.05, 3.63) is 0 Å². The standard InChI is InChI=1S/C12H25NO2/c1-9(2)10(6-7-14)13-11(15)8-12(3,4)5/h9-10,14H,6-8H2,1-5H3,(H,13,15). The highest BCUT2D eigenvalue weighted by atomic mass is 16.3. The fourth-order valence-electron chi connectivity index (χ4n) is 1.45. The van der Waals surface area contributed by atoms with E-state index in [1.54, 1.807) is 0 Å². The summed E-state index contributed by atoms with van der Waals surface area (Å²) in [5, 5.41) is 11.9. The molecule has 0 saturated heterocycles. The molecule has 0 aliphatic carbocycles. The minimum Gasteiger partial charge on any atom is -0.396 e. The van der Waals surface area contributed by atoms with Crippen LogP contribution in [0.5, 0.6) is 0 Å². The van der Waals surface area contributed by atoms with Gasteiger partial charge in [0.15, 0.2) is 0 Å². The highest BCUT2D eigenvalue weighted by molar-refractivity contribution is 5.76. The van der Waals surface area contributed by atoms with Crippen molar-refractivity contribution in [3.63, 3.8) is 0 Å². The third-order valence-corrected chi connectivity index (χ3v) is 2.28. The molecule has 90 valence electrons. The second kappa shape index (κ2) is 6.11. The van der Waals surface area contributed by atoms with E-state index in [9.17, 15) is 4.79 Å². The van der Waals surface area contributed by atoms with Crippen LogP contribution < -0.4 is 5.32 Å². The Hall–Kier alpha value is -0.570. The fraction of sp³-hybridized carbons (Fsp3) is 0.917. The zero-order valence-corrected chi connectivity index (χ0v) is 10.6. The summed E-state index contributed by atoms with van der Waals surface area (Å²) >= 11 is 0. The molecule has 0 spiro atoms. The minimum absolute atomic E-state index is 0.0187. The van der Waals surface area contributed by atoms with Crippen molar-refractivity contribution in [3.8, 4) is 0 Å². The summed E-state index contributed by atoms with van der Waals surface area (Å²) < 4.78 is 0. The van der Waals surface area contributed by atoms with Gasteiger partial charge in [-0.05, 0) is 17.8 Å². The number of carbonyl (C=O) groups excluding carboxylic acids is 1. The molecule has 0 aromatic heterocycles. The summed E-state index contributed by atoms with van der Waals surface area (Å²) in [4.78, 5) is 11.7. The van der Waals surface area contributed by atoms with Gasteiger partial charge in [0.2, 0.25) is 5.91 Å². The van der Waals surface area contributed by atoms with E-state index < -0.39 is 0 Å².